The van der Waals surface area contributed by atoms with Crippen LogP contribution in [-0.2, 0) is 4.79 Å². The van der Waals surface area contributed by atoms with E-state index < -0.39 is 0 Å². The zero-order chi connectivity index (χ0) is 7.28. The molecular formula is C7H8O2. The molecule has 0 aromatic heterocycles. The number of ketones is 1. The Balaban J connectivity index is 4.10. The van der Waals surface area contributed by atoms with Crippen molar-refractivity contribution in [2.75, 3.05) is 0 Å². The molecule has 48 valence electrons. The van der Waals surface area contributed by atoms with Crippen LogP contribution in [0.1, 0.15) is 0 Å². The summed E-state index contributed by atoms with van der Waals surface area (Å²) in [5.41, 5.74) is 0. The Bertz CT molecular complexity index is 166. The van der Waals surface area contributed by atoms with Gasteiger partial charge in [-0.1, -0.05) is 13.2 Å². The Morgan fingerprint density at radius 3 is 2.22 bits per heavy atom. The Labute approximate surface area is 53.8 Å². The molecule has 0 rings (SSSR count). The molecule has 0 saturated heterocycles. The molecule has 0 aliphatic heterocycles. The van der Waals surface area contributed by atoms with Crippen LogP contribution in [0.5, 0.6) is 0 Å². The van der Waals surface area contributed by atoms with Crippen LogP contribution in [0.3, 0.4) is 0 Å². The van der Waals surface area contributed by atoms with E-state index in [0.29, 0.717) is 0 Å². The SMILES string of the molecule is C=CC(=O)/C=C(\O)C=C. The van der Waals surface area contributed by atoms with E-state index in [2.05, 4.69) is 13.2 Å². The predicted octanol–water partition coefficient (Wildman–Crippen LogP) is 1.37. The molecule has 0 aromatic carbocycles. The van der Waals surface area contributed by atoms with Crippen LogP contribution in [-0.4, -0.2) is 10.9 Å². The second-order valence-corrected chi connectivity index (χ2v) is 1.38. The zero-order valence-corrected chi connectivity index (χ0v) is 5.00. The fourth-order valence-electron chi connectivity index (χ4n) is 0.264. The second kappa shape index (κ2) is 3.66. The van der Waals surface area contributed by atoms with Crippen LogP contribution in [0.4, 0.5) is 0 Å². The highest BCUT2D eigenvalue weighted by Gasteiger charge is 1.88. The van der Waals surface area contributed by atoms with Crippen molar-refractivity contribution in [3.05, 3.63) is 37.1 Å². The van der Waals surface area contributed by atoms with Gasteiger partial charge in [-0.15, -0.1) is 0 Å². The summed E-state index contributed by atoms with van der Waals surface area (Å²) in [6, 6.07) is 0. The molecule has 2 heteroatoms. The summed E-state index contributed by atoms with van der Waals surface area (Å²) in [4.78, 5) is 10.4. The lowest BCUT2D eigenvalue weighted by Gasteiger charge is -1.84. The highest BCUT2D eigenvalue weighted by molar-refractivity contribution is 5.99. The van der Waals surface area contributed by atoms with E-state index in [-0.39, 0.29) is 11.5 Å². The fourth-order valence-corrected chi connectivity index (χ4v) is 0.264. The van der Waals surface area contributed by atoms with Crippen LogP contribution in [0.2, 0.25) is 0 Å². The first-order chi connectivity index (χ1) is 4.20. The zero-order valence-electron chi connectivity index (χ0n) is 5.00. The molecule has 0 heterocycles. The predicted molar refractivity (Wildman–Crippen MR) is 36.1 cm³/mol. The summed E-state index contributed by atoms with van der Waals surface area (Å²) in [5, 5.41) is 8.63. The maximum Gasteiger partial charge on any atom is 0.181 e. The number of aliphatic hydroxyl groups excluding tert-OH is 1. The van der Waals surface area contributed by atoms with E-state index in [0.717, 1.165) is 12.2 Å². The van der Waals surface area contributed by atoms with Gasteiger partial charge >= 0.3 is 0 Å². The minimum Gasteiger partial charge on any atom is -0.508 e. The van der Waals surface area contributed by atoms with Gasteiger partial charge in [0.1, 0.15) is 5.76 Å². The number of allylic oxidation sites excluding steroid dienone is 3. The molecule has 0 unspecified atom stereocenters. The number of hydrogen-bond donors (Lipinski definition) is 1. The van der Waals surface area contributed by atoms with E-state index in [4.69, 9.17) is 5.11 Å². The first-order valence-electron chi connectivity index (χ1n) is 2.40. The molecule has 0 spiro atoms. The lowest BCUT2D eigenvalue weighted by atomic mass is 10.3. The quantitative estimate of drug-likeness (QED) is 0.350. The van der Waals surface area contributed by atoms with Gasteiger partial charge in [0.15, 0.2) is 5.78 Å². The van der Waals surface area contributed by atoms with Gasteiger partial charge in [-0.3, -0.25) is 4.79 Å². The molecule has 2 nitrogen and oxygen atoms in total. The van der Waals surface area contributed by atoms with Crippen LogP contribution < -0.4 is 0 Å². The number of hydrogen-bond acceptors (Lipinski definition) is 2. The molecule has 0 bridgehead atoms. The minimum atomic E-state index is -0.326. The normalized spacial score (nSPS) is 10.4. The van der Waals surface area contributed by atoms with Gasteiger partial charge < -0.3 is 5.11 Å². The smallest absolute Gasteiger partial charge is 0.181 e. The number of aliphatic hydroxyl groups is 1. The topological polar surface area (TPSA) is 37.3 Å². The van der Waals surface area contributed by atoms with Gasteiger partial charge in [0.05, 0.1) is 0 Å². The van der Waals surface area contributed by atoms with E-state index in [1.165, 1.54) is 6.08 Å². The average Bonchev–Trinajstić information content (AvgIpc) is 1.87. The largest absolute Gasteiger partial charge is 0.508 e. The van der Waals surface area contributed by atoms with Gasteiger partial charge in [0, 0.05) is 6.08 Å². The Morgan fingerprint density at radius 1 is 1.33 bits per heavy atom. The van der Waals surface area contributed by atoms with Crippen LogP contribution in [0, 0.1) is 0 Å². The Kier molecular flexibility index (Phi) is 3.13. The summed E-state index contributed by atoms with van der Waals surface area (Å²) in [7, 11) is 0. The molecule has 0 aliphatic rings. The van der Waals surface area contributed by atoms with Crippen LogP contribution in [0.25, 0.3) is 0 Å². The Morgan fingerprint density at radius 2 is 1.89 bits per heavy atom. The molecule has 0 aliphatic carbocycles. The highest BCUT2D eigenvalue weighted by atomic mass is 16.3. The third kappa shape index (κ3) is 3.29. The van der Waals surface area contributed by atoms with Gasteiger partial charge in [0.25, 0.3) is 0 Å². The molecule has 0 saturated carbocycles. The third-order valence-corrected chi connectivity index (χ3v) is 0.700. The number of carbonyl (C=O) groups is 1. The fraction of sp³-hybridized carbons (Fsp3) is 0. The van der Waals surface area contributed by atoms with Crippen molar-refractivity contribution in [2.24, 2.45) is 0 Å². The summed E-state index contributed by atoms with van der Waals surface area (Å²) >= 11 is 0. The van der Waals surface area contributed by atoms with E-state index in [9.17, 15) is 4.79 Å². The van der Waals surface area contributed by atoms with Crippen molar-refractivity contribution >= 4 is 5.78 Å². The van der Waals surface area contributed by atoms with Crippen molar-refractivity contribution < 1.29 is 9.90 Å². The second-order valence-electron chi connectivity index (χ2n) is 1.38. The van der Waals surface area contributed by atoms with Crippen molar-refractivity contribution in [1.82, 2.24) is 0 Å². The van der Waals surface area contributed by atoms with E-state index in [1.54, 1.807) is 0 Å². The Hall–Kier alpha value is -1.31. The molecule has 1 N–H and O–H groups in total. The summed E-state index contributed by atoms with van der Waals surface area (Å²) < 4.78 is 0. The maximum absolute atomic E-state index is 10.4. The van der Waals surface area contributed by atoms with E-state index in [1.807, 2.05) is 0 Å². The standard InChI is InChI=1S/C7H8O2/c1-3-6(8)5-7(9)4-2/h3-5,8H,1-2H2/b6-5-. The number of rotatable bonds is 3. The average molecular weight is 124 g/mol. The lowest BCUT2D eigenvalue weighted by Crippen LogP contribution is -1.86. The van der Waals surface area contributed by atoms with Gasteiger partial charge in [-0.05, 0) is 12.2 Å². The summed E-state index contributed by atoms with van der Waals surface area (Å²) in [5.74, 6) is -0.465. The molecule has 0 radical (unpaired) electrons. The van der Waals surface area contributed by atoms with Gasteiger partial charge in [-0.25, -0.2) is 0 Å². The molecule has 9 heavy (non-hydrogen) atoms. The first kappa shape index (κ1) is 7.69. The third-order valence-electron chi connectivity index (χ3n) is 0.700. The summed E-state index contributed by atoms with van der Waals surface area (Å²) in [6.45, 7) is 6.45. The van der Waals surface area contributed by atoms with Crippen molar-refractivity contribution in [3.8, 4) is 0 Å². The van der Waals surface area contributed by atoms with Crippen molar-refractivity contribution in [1.29, 1.82) is 0 Å². The molecule has 0 fully saturated rings. The van der Waals surface area contributed by atoms with Gasteiger partial charge in [0.2, 0.25) is 0 Å². The lowest BCUT2D eigenvalue weighted by molar-refractivity contribution is -0.110. The number of carbonyl (C=O) groups excluding carboxylic acids is 1. The summed E-state index contributed by atoms with van der Waals surface area (Å²) in [6.07, 6.45) is 3.33. The minimum absolute atomic E-state index is 0.139. The maximum atomic E-state index is 10.4. The molecule has 0 atom stereocenters. The van der Waals surface area contributed by atoms with Crippen molar-refractivity contribution in [2.45, 2.75) is 0 Å². The van der Waals surface area contributed by atoms with Crippen molar-refractivity contribution in [3.63, 3.8) is 0 Å². The van der Waals surface area contributed by atoms with Gasteiger partial charge in [-0.2, -0.15) is 0 Å². The molecule has 0 aromatic rings. The molecule has 0 amide bonds. The molecular weight excluding hydrogens is 116 g/mol. The highest BCUT2D eigenvalue weighted by Crippen LogP contribution is 1.88. The first-order valence-corrected chi connectivity index (χ1v) is 2.40. The van der Waals surface area contributed by atoms with Crippen LogP contribution >= 0.6 is 0 Å². The van der Waals surface area contributed by atoms with Crippen LogP contribution in [0.15, 0.2) is 37.1 Å². The van der Waals surface area contributed by atoms with E-state index >= 15 is 0 Å². The monoisotopic (exact) mass is 124 g/mol.